The van der Waals surface area contributed by atoms with E-state index in [1.807, 2.05) is 11.0 Å². The van der Waals surface area contributed by atoms with Crippen LogP contribution in [0.1, 0.15) is 45.1 Å². The Morgan fingerprint density at radius 1 is 1.30 bits per heavy atom. The maximum atomic E-state index is 12.3. The van der Waals surface area contributed by atoms with Crippen LogP contribution in [0.15, 0.2) is 36.4 Å². The molecule has 1 aliphatic carbocycles. The maximum Gasteiger partial charge on any atom is 0.225 e. The molecular formula is C18H25NO. The molecule has 0 atom stereocenters. The molecule has 0 unspecified atom stereocenters. The van der Waals surface area contributed by atoms with Crippen molar-refractivity contribution in [2.45, 2.75) is 39.5 Å². The number of hydrogen-bond acceptors (Lipinski definition) is 1. The van der Waals surface area contributed by atoms with Crippen molar-refractivity contribution in [2.24, 2.45) is 5.92 Å². The Hall–Kier alpha value is -1.57. The maximum absolute atomic E-state index is 12.3. The van der Waals surface area contributed by atoms with E-state index in [9.17, 15) is 4.79 Å². The molecule has 108 valence electrons. The highest BCUT2D eigenvalue weighted by molar-refractivity contribution is 5.81. The summed E-state index contributed by atoms with van der Waals surface area (Å²) in [5, 5.41) is 0. The normalized spacial score (nSPS) is 15.2. The molecule has 0 N–H and O–H groups in total. The Morgan fingerprint density at radius 3 is 2.60 bits per heavy atom. The molecule has 2 rings (SSSR count). The van der Waals surface area contributed by atoms with Gasteiger partial charge in [0.1, 0.15) is 0 Å². The second-order valence-corrected chi connectivity index (χ2v) is 5.67. The molecule has 1 aromatic rings. The van der Waals surface area contributed by atoms with Crippen LogP contribution in [0.4, 0.5) is 0 Å². The molecule has 0 bridgehead atoms. The molecule has 1 aromatic carbocycles. The van der Waals surface area contributed by atoms with Gasteiger partial charge in [0.2, 0.25) is 5.91 Å². The molecule has 1 amide bonds. The number of rotatable bonds is 7. The lowest BCUT2D eigenvalue weighted by Crippen LogP contribution is -2.33. The van der Waals surface area contributed by atoms with Gasteiger partial charge in [-0.15, -0.1) is 0 Å². The molecular weight excluding hydrogens is 246 g/mol. The van der Waals surface area contributed by atoms with Crippen molar-refractivity contribution in [3.63, 3.8) is 0 Å². The molecule has 0 heterocycles. The van der Waals surface area contributed by atoms with Crippen LogP contribution < -0.4 is 0 Å². The molecule has 0 radical (unpaired) electrons. The summed E-state index contributed by atoms with van der Waals surface area (Å²) in [6, 6.07) is 10.4. The third-order valence-electron chi connectivity index (χ3n) is 3.87. The molecule has 1 fully saturated rings. The molecule has 1 aliphatic rings. The number of amides is 1. The van der Waals surface area contributed by atoms with Gasteiger partial charge in [-0.3, -0.25) is 4.79 Å². The van der Waals surface area contributed by atoms with Crippen LogP contribution in [0.3, 0.4) is 0 Å². The zero-order valence-electron chi connectivity index (χ0n) is 12.6. The van der Waals surface area contributed by atoms with Crippen LogP contribution in [0.25, 0.3) is 5.57 Å². The highest BCUT2D eigenvalue weighted by atomic mass is 16.2. The number of carbonyl (C=O) groups is 1. The molecule has 0 saturated heterocycles. The number of nitrogens with zero attached hydrogens (tertiary/aromatic N) is 1. The second-order valence-electron chi connectivity index (χ2n) is 5.67. The Kier molecular flexibility index (Phi) is 5.40. The predicted molar refractivity (Wildman–Crippen MR) is 84.3 cm³/mol. The lowest BCUT2D eigenvalue weighted by Gasteiger charge is -2.21. The van der Waals surface area contributed by atoms with Crippen molar-refractivity contribution >= 4 is 11.5 Å². The van der Waals surface area contributed by atoms with E-state index in [2.05, 4.69) is 44.2 Å². The lowest BCUT2D eigenvalue weighted by molar-refractivity contribution is -0.132. The fourth-order valence-electron chi connectivity index (χ4n) is 2.29. The third-order valence-corrected chi connectivity index (χ3v) is 3.87. The molecule has 0 spiro atoms. The van der Waals surface area contributed by atoms with Crippen LogP contribution in [-0.4, -0.2) is 23.9 Å². The lowest BCUT2D eigenvalue weighted by atomic mass is 10.1. The molecule has 0 aromatic heterocycles. The molecule has 2 heteroatoms. The van der Waals surface area contributed by atoms with Crippen LogP contribution in [-0.2, 0) is 4.79 Å². The fourth-order valence-corrected chi connectivity index (χ4v) is 2.29. The van der Waals surface area contributed by atoms with Crippen LogP contribution >= 0.6 is 0 Å². The van der Waals surface area contributed by atoms with Crippen LogP contribution in [0.5, 0.6) is 0 Å². The van der Waals surface area contributed by atoms with Gasteiger partial charge in [-0.25, -0.2) is 0 Å². The van der Waals surface area contributed by atoms with Crippen molar-refractivity contribution in [1.29, 1.82) is 0 Å². The monoisotopic (exact) mass is 271 g/mol. The van der Waals surface area contributed by atoms with Gasteiger partial charge in [0.15, 0.2) is 0 Å². The average Bonchev–Trinajstić information content (AvgIpc) is 3.32. The largest absolute Gasteiger partial charge is 0.339 e. The zero-order valence-corrected chi connectivity index (χ0v) is 12.6. The predicted octanol–water partition coefficient (Wildman–Crippen LogP) is 4.13. The zero-order chi connectivity index (χ0) is 14.4. The van der Waals surface area contributed by atoms with Crippen LogP contribution in [0.2, 0.25) is 0 Å². The Bertz CT molecular complexity index is 460. The van der Waals surface area contributed by atoms with Crippen molar-refractivity contribution in [3.05, 3.63) is 42.0 Å². The SMILES string of the molecule is CCCCN(C/C=C(/C)c1ccccc1)C(=O)C1CC1. The first-order chi connectivity index (χ1) is 9.72. The van der Waals surface area contributed by atoms with Crippen molar-refractivity contribution in [1.82, 2.24) is 4.90 Å². The second kappa shape index (κ2) is 7.28. The van der Waals surface area contributed by atoms with E-state index in [-0.39, 0.29) is 0 Å². The summed E-state index contributed by atoms with van der Waals surface area (Å²) in [6.45, 7) is 5.93. The first-order valence-electron chi connectivity index (χ1n) is 7.73. The summed E-state index contributed by atoms with van der Waals surface area (Å²) < 4.78 is 0. The number of allylic oxidation sites excluding steroid dienone is 1. The van der Waals surface area contributed by atoms with E-state index in [1.165, 1.54) is 11.1 Å². The highest BCUT2D eigenvalue weighted by Crippen LogP contribution is 2.31. The summed E-state index contributed by atoms with van der Waals surface area (Å²) in [4.78, 5) is 14.3. The van der Waals surface area contributed by atoms with Gasteiger partial charge in [-0.2, -0.15) is 0 Å². The quantitative estimate of drug-likeness (QED) is 0.730. The Morgan fingerprint density at radius 2 is 2.00 bits per heavy atom. The fraction of sp³-hybridized carbons (Fsp3) is 0.500. The van der Waals surface area contributed by atoms with E-state index < -0.39 is 0 Å². The number of unbranched alkanes of at least 4 members (excludes halogenated alkanes) is 1. The van der Waals surface area contributed by atoms with E-state index in [0.717, 1.165) is 38.8 Å². The van der Waals surface area contributed by atoms with Crippen molar-refractivity contribution in [2.75, 3.05) is 13.1 Å². The number of carbonyl (C=O) groups excluding carboxylic acids is 1. The first kappa shape index (κ1) is 14.8. The van der Waals surface area contributed by atoms with Gasteiger partial charge in [0, 0.05) is 19.0 Å². The third kappa shape index (κ3) is 4.22. The minimum Gasteiger partial charge on any atom is -0.339 e. The molecule has 0 aliphatic heterocycles. The minimum atomic E-state index is 0.317. The first-order valence-corrected chi connectivity index (χ1v) is 7.73. The van der Waals surface area contributed by atoms with E-state index in [4.69, 9.17) is 0 Å². The van der Waals surface area contributed by atoms with Gasteiger partial charge < -0.3 is 4.90 Å². The van der Waals surface area contributed by atoms with E-state index in [0.29, 0.717) is 11.8 Å². The summed E-state index contributed by atoms with van der Waals surface area (Å²) >= 11 is 0. The molecule has 2 nitrogen and oxygen atoms in total. The highest BCUT2D eigenvalue weighted by Gasteiger charge is 2.32. The molecule has 1 saturated carbocycles. The standard InChI is InChI=1S/C18H25NO/c1-3-4-13-19(18(20)17-10-11-17)14-12-15(2)16-8-6-5-7-9-16/h5-9,12,17H,3-4,10-11,13-14H2,1-2H3/b15-12-. The Balaban J connectivity index is 1.98. The molecule has 20 heavy (non-hydrogen) atoms. The smallest absolute Gasteiger partial charge is 0.225 e. The van der Waals surface area contributed by atoms with Gasteiger partial charge in [-0.05, 0) is 37.3 Å². The van der Waals surface area contributed by atoms with Crippen molar-refractivity contribution < 1.29 is 4.79 Å². The minimum absolute atomic E-state index is 0.317. The van der Waals surface area contributed by atoms with Gasteiger partial charge in [0.25, 0.3) is 0 Å². The van der Waals surface area contributed by atoms with Gasteiger partial charge in [-0.1, -0.05) is 49.8 Å². The van der Waals surface area contributed by atoms with E-state index in [1.54, 1.807) is 0 Å². The number of hydrogen-bond donors (Lipinski definition) is 0. The van der Waals surface area contributed by atoms with Crippen LogP contribution in [0, 0.1) is 5.92 Å². The van der Waals surface area contributed by atoms with Gasteiger partial charge in [0.05, 0.1) is 0 Å². The summed E-state index contributed by atoms with van der Waals surface area (Å²) in [7, 11) is 0. The summed E-state index contributed by atoms with van der Waals surface area (Å²) in [5.74, 6) is 0.674. The summed E-state index contributed by atoms with van der Waals surface area (Å²) in [5.41, 5.74) is 2.48. The topological polar surface area (TPSA) is 20.3 Å². The van der Waals surface area contributed by atoms with Crippen molar-refractivity contribution in [3.8, 4) is 0 Å². The van der Waals surface area contributed by atoms with E-state index >= 15 is 0 Å². The van der Waals surface area contributed by atoms with Gasteiger partial charge >= 0.3 is 0 Å². The Labute approximate surface area is 122 Å². The number of benzene rings is 1. The average molecular weight is 271 g/mol. The summed E-state index contributed by atoms with van der Waals surface area (Å²) in [6.07, 6.45) is 6.59.